The minimum Gasteiger partial charge on any atom is -0.481 e. The van der Waals surface area contributed by atoms with Crippen LogP contribution in [0.5, 0.6) is 5.88 Å². The molecule has 0 radical (unpaired) electrons. The number of rotatable bonds is 7. The van der Waals surface area contributed by atoms with Crippen molar-refractivity contribution in [1.82, 2.24) is 20.4 Å². The van der Waals surface area contributed by atoms with E-state index in [9.17, 15) is 4.79 Å². The molecule has 0 atom stereocenters. The Bertz CT molecular complexity index is 544. The minimum atomic E-state index is -0.476. The van der Waals surface area contributed by atoms with Crippen LogP contribution in [0, 0.1) is 6.92 Å². The molecule has 2 N–H and O–H groups in total. The minimum absolute atomic E-state index is 0.411. The van der Waals surface area contributed by atoms with Crippen molar-refractivity contribution in [3.63, 3.8) is 0 Å². The van der Waals surface area contributed by atoms with Crippen LogP contribution in [0.25, 0.3) is 0 Å². The van der Waals surface area contributed by atoms with Crippen LogP contribution < -0.4 is 15.4 Å². The fourth-order valence-electron chi connectivity index (χ4n) is 2.04. The number of methoxy groups -OCH3 is 1. The molecule has 7 heteroatoms. The highest BCUT2D eigenvalue weighted by molar-refractivity contribution is 5.67. The van der Waals surface area contributed by atoms with Crippen LogP contribution in [0.1, 0.15) is 32.0 Å². The van der Waals surface area contributed by atoms with E-state index >= 15 is 0 Å². The first kappa shape index (κ1) is 19.0. The second kappa shape index (κ2) is 8.57. The lowest BCUT2D eigenvalue weighted by molar-refractivity contribution is 0.0534. The molecule has 0 aliphatic carbocycles. The molecule has 0 fully saturated rings. The Balaban J connectivity index is 2.26. The summed E-state index contributed by atoms with van der Waals surface area (Å²) in [6.45, 7) is 9.26. The number of carbonyl (C=O) groups is 1. The smallest absolute Gasteiger partial charge is 0.407 e. The van der Waals surface area contributed by atoms with E-state index in [1.807, 2.05) is 46.9 Å². The van der Waals surface area contributed by atoms with Gasteiger partial charge in [-0.2, -0.15) is 5.10 Å². The summed E-state index contributed by atoms with van der Waals surface area (Å²) in [5.41, 5.74) is 1.53. The summed E-state index contributed by atoms with van der Waals surface area (Å²) < 4.78 is 12.2. The number of alkyl carbamates (subject to hydrolysis) is 1. The zero-order valence-electron chi connectivity index (χ0n) is 14.9. The lowest BCUT2D eigenvalue weighted by atomic mass is 10.2. The molecule has 1 rings (SSSR count). The predicted octanol–water partition coefficient (Wildman–Crippen LogP) is 1.91. The first-order valence-corrected chi connectivity index (χ1v) is 7.63. The maximum absolute atomic E-state index is 11.4. The molecule has 0 aliphatic heterocycles. The van der Waals surface area contributed by atoms with Gasteiger partial charge in [-0.1, -0.05) is 12.2 Å². The number of nitrogens with one attached hydrogen (secondary N) is 2. The van der Waals surface area contributed by atoms with E-state index < -0.39 is 11.7 Å². The van der Waals surface area contributed by atoms with E-state index in [2.05, 4.69) is 15.7 Å². The maximum atomic E-state index is 11.4. The molecule has 0 bridgehead atoms. The summed E-state index contributed by atoms with van der Waals surface area (Å²) in [4.78, 5) is 11.4. The molecular formula is C16H28N4O3. The van der Waals surface area contributed by atoms with Gasteiger partial charge in [-0.05, 0) is 27.7 Å². The predicted molar refractivity (Wildman–Crippen MR) is 89.6 cm³/mol. The molecule has 0 saturated carbocycles. The Kier molecular flexibility index (Phi) is 7.09. The van der Waals surface area contributed by atoms with Gasteiger partial charge in [-0.15, -0.1) is 0 Å². The zero-order valence-corrected chi connectivity index (χ0v) is 14.9. The quantitative estimate of drug-likeness (QED) is 0.592. The number of carbonyl (C=O) groups excluding carboxylic acids is 1. The van der Waals surface area contributed by atoms with Crippen molar-refractivity contribution < 1.29 is 14.3 Å². The van der Waals surface area contributed by atoms with Gasteiger partial charge in [-0.3, -0.25) is 0 Å². The van der Waals surface area contributed by atoms with E-state index in [0.717, 1.165) is 17.1 Å². The SMILES string of the molecule is COc1c(CNC/C=C/CNC(=O)OC(C)(C)C)c(C)nn1C. The number of aryl methyl sites for hydroxylation is 2. The zero-order chi connectivity index (χ0) is 17.5. The lowest BCUT2D eigenvalue weighted by Crippen LogP contribution is -2.32. The van der Waals surface area contributed by atoms with Gasteiger partial charge in [0.2, 0.25) is 5.88 Å². The van der Waals surface area contributed by atoms with Crippen LogP contribution >= 0.6 is 0 Å². The number of nitrogens with zero attached hydrogens (tertiary/aromatic N) is 2. The van der Waals surface area contributed by atoms with Gasteiger partial charge in [0.05, 0.1) is 18.4 Å². The third-order valence-electron chi connectivity index (χ3n) is 2.98. The highest BCUT2D eigenvalue weighted by Gasteiger charge is 2.15. The van der Waals surface area contributed by atoms with Crippen LogP contribution in [0.15, 0.2) is 12.2 Å². The van der Waals surface area contributed by atoms with Crippen molar-refractivity contribution >= 4 is 6.09 Å². The Morgan fingerprint density at radius 2 is 1.96 bits per heavy atom. The second-order valence-electron chi connectivity index (χ2n) is 6.18. The first-order valence-electron chi connectivity index (χ1n) is 7.63. The van der Waals surface area contributed by atoms with Crippen molar-refractivity contribution in [3.8, 4) is 5.88 Å². The van der Waals surface area contributed by atoms with E-state index in [4.69, 9.17) is 9.47 Å². The van der Waals surface area contributed by atoms with E-state index in [-0.39, 0.29) is 0 Å². The Labute approximate surface area is 138 Å². The molecule has 0 aromatic carbocycles. The number of amides is 1. The van der Waals surface area contributed by atoms with Crippen molar-refractivity contribution in [2.24, 2.45) is 7.05 Å². The molecule has 7 nitrogen and oxygen atoms in total. The first-order chi connectivity index (χ1) is 10.7. The van der Waals surface area contributed by atoms with Crippen molar-refractivity contribution in [1.29, 1.82) is 0 Å². The Morgan fingerprint density at radius 3 is 2.57 bits per heavy atom. The Hall–Kier alpha value is -2.02. The third kappa shape index (κ3) is 6.73. The average Bonchev–Trinajstić information content (AvgIpc) is 2.69. The lowest BCUT2D eigenvalue weighted by Gasteiger charge is -2.19. The molecule has 1 aromatic rings. The molecule has 1 heterocycles. The van der Waals surface area contributed by atoms with Gasteiger partial charge in [0.25, 0.3) is 0 Å². The van der Waals surface area contributed by atoms with Crippen LogP contribution in [0.4, 0.5) is 4.79 Å². The molecule has 23 heavy (non-hydrogen) atoms. The largest absolute Gasteiger partial charge is 0.481 e. The van der Waals surface area contributed by atoms with Gasteiger partial charge >= 0.3 is 6.09 Å². The summed E-state index contributed by atoms with van der Waals surface area (Å²) in [7, 11) is 3.50. The van der Waals surface area contributed by atoms with Gasteiger partial charge in [-0.25, -0.2) is 9.48 Å². The van der Waals surface area contributed by atoms with Crippen LogP contribution in [0.2, 0.25) is 0 Å². The molecule has 1 aromatic heterocycles. The summed E-state index contributed by atoms with van der Waals surface area (Å²) in [6.07, 6.45) is 3.42. The molecule has 0 unspecified atom stereocenters. The van der Waals surface area contributed by atoms with Crippen LogP contribution in [-0.4, -0.2) is 41.7 Å². The standard InChI is InChI=1S/C16H28N4O3/c1-12-13(14(22-6)20(5)19-12)11-17-9-7-8-10-18-15(21)23-16(2,3)4/h7-8,17H,9-11H2,1-6H3,(H,18,21)/b8-7+. The van der Waals surface area contributed by atoms with E-state index in [1.54, 1.807) is 11.8 Å². The van der Waals surface area contributed by atoms with Gasteiger partial charge < -0.3 is 20.1 Å². The third-order valence-corrected chi connectivity index (χ3v) is 2.98. The normalized spacial score (nSPS) is 11.7. The number of aromatic nitrogens is 2. The van der Waals surface area contributed by atoms with Crippen molar-refractivity contribution in [3.05, 3.63) is 23.4 Å². The average molecular weight is 324 g/mol. The van der Waals surface area contributed by atoms with Gasteiger partial charge in [0, 0.05) is 26.7 Å². The Morgan fingerprint density at radius 1 is 1.30 bits per heavy atom. The maximum Gasteiger partial charge on any atom is 0.407 e. The fraction of sp³-hybridized carbons (Fsp3) is 0.625. The van der Waals surface area contributed by atoms with Gasteiger partial charge in [0.15, 0.2) is 0 Å². The number of ether oxygens (including phenoxy) is 2. The van der Waals surface area contributed by atoms with Crippen molar-refractivity contribution in [2.45, 2.75) is 39.8 Å². The van der Waals surface area contributed by atoms with E-state index in [1.165, 1.54) is 0 Å². The monoisotopic (exact) mass is 324 g/mol. The van der Waals surface area contributed by atoms with Crippen LogP contribution in [0.3, 0.4) is 0 Å². The molecule has 130 valence electrons. The number of hydrogen-bond donors (Lipinski definition) is 2. The topological polar surface area (TPSA) is 77.4 Å². The van der Waals surface area contributed by atoms with Crippen LogP contribution in [-0.2, 0) is 18.3 Å². The van der Waals surface area contributed by atoms with E-state index in [0.29, 0.717) is 19.6 Å². The fourth-order valence-corrected chi connectivity index (χ4v) is 2.04. The highest BCUT2D eigenvalue weighted by atomic mass is 16.6. The number of hydrogen-bond acceptors (Lipinski definition) is 5. The molecule has 0 spiro atoms. The molecule has 0 saturated heterocycles. The summed E-state index contributed by atoms with van der Waals surface area (Å²) in [5, 5.41) is 10.3. The highest BCUT2D eigenvalue weighted by Crippen LogP contribution is 2.20. The van der Waals surface area contributed by atoms with Gasteiger partial charge in [0.1, 0.15) is 5.60 Å². The molecular weight excluding hydrogens is 296 g/mol. The summed E-state index contributed by atoms with van der Waals surface area (Å²) >= 11 is 0. The second-order valence-corrected chi connectivity index (χ2v) is 6.18. The summed E-state index contributed by atoms with van der Waals surface area (Å²) in [5.74, 6) is 0.769. The summed E-state index contributed by atoms with van der Waals surface area (Å²) in [6, 6.07) is 0. The molecule has 1 amide bonds. The van der Waals surface area contributed by atoms with Crippen molar-refractivity contribution in [2.75, 3.05) is 20.2 Å². The molecule has 0 aliphatic rings.